The second-order valence-corrected chi connectivity index (χ2v) is 8.44. The van der Waals surface area contributed by atoms with Gasteiger partial charge in [-0.25, -0.2) is 9.37 Å². The molecule has 1 aliphatic rings. The van der Waals surface area contributed by atoms with Gasteiger partial charge in [0.25, 0.3) is 11.5 Å². The number of aliphatic hydroxyl groups is 1. The first kappa shape index (κ1) is 24.6. The SMILES string of the molecule is COc1cccc(CNC(=O)c2nc3ccc(F)c(OCCC4CCC(CO)OC4)c3c(=O)[nH]2)c1. The predicted octanol–water partition coefficient (Wildman–Crippen LogP) is 2.56. The third-order valence-corrected chi connectivity index (χ3v) is 6.02. The minimum absolute atomic E-state index is 0.00122. The molecule has 1 saturated heterocycles. The molecular weight excluding hydrogens is 457 g/mol. The van der Waals surface area contributed by atoms with E-state index < -0.39 is 17.3 Å². The van der Waals surface area contributed by atoms with E-state index in [1.165, 1.54) is 6.07 Å². The van der Waals surface area contributed by atoms with E-state index in [-0.39, 0.29) is 54.3 Å². The molecule has 2 unspecified atom stereocenters. The molecule has 2 heterocycles. The van der Waals surface area contributed by atoms with Gasteiger partial charge in [-0.3, -0.25) is 9.59 Å². The average Bonchev–Trinajstić information content (AvgIpc) is 2.89. The molecular formula is C25H28FN3O6. The predicted molar refractivity (Wildman–Crippen MR) is 126 cm³/mol. The van der Waals surface area contributed by atoms with Crippen LogP contribution in [0.25, 0.3) is 10.9 Å². The standard InChI is InChI=1S/C25H28FN3O6/c1-33-17-4-2-3-16(11-17)12-27-25(32)23-28-20-8-7-19(26)22(21(20)24(31)29-23)34-10-9-15-5-6-18(13-30)35-14-15/h2-4,7-8,11,15,18,30H,5-6,9-10,12-14H2,1H3,(H,27,32)(H,28,29,31). The number of hydrogen-bond donors (Lipinski definition) is 3. The minimum Gasteiger partial charge on any atom is -0.497 e. The highest BCUT2D eigenvalue weighted by atomic mass is 19.1. The maximum Gasteiger partial charge on any atom is 0.287 e. The van der Waals surface area contributed by atoms with Crippen LogP contribution in [0.4, 0.5) is 4.39 Å². The summed E-state index contributed by atoms with van der Waals surface area (Å²) < 4.78 is 30.9. The molecule has 1 amide bonds. The van der Waals surface area contributed by atoms with Crippen LogP contribution in [0.1, 0.15) is 35.4 Å². The molecule has 2 aromatic carbocycles. The van der Waals surface area contributed by atoms with Gasteiger partial charge >= 0.3 is 0 Å². The lowest BCUT2D eigenvalue weighted by molar-refractivity contribution is -0.0460. The van der Waals surface area contributed by atoms with Crippen LogP contribution in [-0.4, -0.2) is 54.0 Å². The number of H-pyrrole nitrogens is 1. The number of carbonyl (C=O) groups excluding carboxylic acids is 1. The molecule has 9 nitrogen and oxygen atoms in total. The van der Waals surface area contributed by atoms with E-state index in [2.05, 4.69) is 15.3 Å². The molecule has 3 N–H and O–H groups in total. The summed E-state index contributed by atoms with van der Waals surface area (Å²) >= 11 is 0. The van der Waals surface area contributed by atoms with Crippen molar-refractivity contribution in [3.63, 3.8) is 0 Å². The topological polar surface area (TPSA) is 123 Å². The van der Waals surface area contributed by atoms with Gasteiger partial charge in [0.1, 0.15) is 11.1 Å². The number of amides is 1. The van der Waals surface area contributed by atoms with Crippen molar-refractivity contribution in [1.82, 2.24) is 15.3 Å². The Morgan fingerprint density at radius 1 is 1.31 bits per heavy atom. The van der Waals surface area contributed by atoms with Crippen LogP contribution in [0.15, 0.2) is 41.2 Å². The molecule has 0 spiro atoms. The smallest absolute Gasteiger partial charge is 0.287 e. The van der Waals surface area contributed by atoms with E-state index in [4.69, 9.17) is 19.3 Å². The van der Waals surface area contributed by atoms with E-state index in [9.17, 15) is 14.0 Å². The molecule has 186 valence electrons. The molecule has 4 rings (SSSR count). The molecule has 1 aromatic heterocycles. The lowest BCUT2D eigenvalue weighted by Gasteiger charge is -2.27. The van der Waals surface area contributed by atoms with Gasteiger partial charge in [-0.05, 0) is 55.0 Å². The molecule has 0 aliphatic carbocycles. The van der Waals surface area contributed by atoms with Crippen molar-refractivity contribution in [3.8, 4) is 11.5 Å². The van der Waals surface area contributed by atoms with Crippen molar-refractivity contribution in [1.29, 1.82) is 0 Å². The molecule has 2 atom stereocenters. The first-order chi connectivity index (χ1) is 17.0. The third-order valence-electron chi connectivity index (χ3n) is 6.02. The summed E-state index contributed by atoms with van der Waals surface area (Å²) in [5.41, 5.74) is 0.306. The first-order valence-electron chi connectivity index (χ1n) is 11.5. The number of methoxy groups -OCH3 is 1. The highest BCUT2D eigenvalue weighted by Gasteiger charge is 2.22. The highest BCUT2D eigenvalue weighted by molar-refractivity contribution is 5.93. The van der Waals surface area contributed by atoms with Crippen molar-refractivity contribution in [2.24, 2.45) is 5.92 Å². The van der Waals surface area contributed by atoms with Crippen LogP contribution in [0.3, 0.4) is 0 Å². The lowest BCUT2D eigenvalue weighted by atomic mass is 9.96. The Labute approximate surface area is 201 Å². The van der Waals surface area contributed by atoms with Gasteiger partial charge in [0.2, 0.25) is 0 Å². The number of nitrogens with one attached hydrogen (secondary N) is 2. The number of benzene rings is 2. The summed E-state index contributed by atoms with van der Waals surface area (Å²) in [6, 6.07) is 9.72. The normalized spacial score (nSPS) is 17.8. The summed E-state index contributed by atoms with van der Waals surface area (Å²) in [5, 5.41) is 11.8. The van der Waals surface area contributed by atoms with Crippen LogP contribution in [0.5, 0.6) is 11.5 Å². The van der Waals surface area contributed by atoms with Gasteiger partial charge in [0.15, 0.2) is 17.4 Å². The number of carbonyl (C=O) groups is 1. The molecule has 1 fully saturated rings. The minimum atomic E-state index is -0.680. The Kier molecular flexibility index (Phi) is 7.94. The Balaban J connectivity index is 1.44. The summed E-state index contributed by atoms with van der Waals surface area (Å²) in [7, 11) is 1.56. The van der Waals surface area contributed by atoms with Gasteiger partial charge in [0.05, 0.1) is 38.6 Å². The van der Waals surface area contributed by atoms with Gasteiger partial charge in [-0.1, -0.05) is 12.1 Å². The Morgan fingerprint density at radius 3 is 2.91 bits per heavy atom. The average molecular weight is 486 g/mol. The van der Waals surface area contributed by atoms with E-state index in [0.29, 0.717) is 18.8 Å². The fourth-order valence-electron chi connectivity index (χ4n) is 4.03. The second-order valence-electron chi connectivity index (χ2n) is 8.44. The molecule has 0 bridgehead atoms. The Bertz CT molecular complexity index is 1240. The van der Waals surface area contributed by atoms with E-state index in [0.717, 1.165) is 24.5 Å². The molecule has 10 heteroatoms. The summed E-state index contributed by atoms with van der Waals surface area (Å²) in [4.78, 5) is 32.0. The fourth-order valence-corrected chi connectivity index (χ4v) is 4.03. The summed E-state index contributed by atoms with van der Waals surface area (Å²) in [5.74, 6) is -0.733. The van der Waals surface area contributed by atoms with E-state index >= 15 is 0 Å². The molecule has 0 radical (unpaired) electrons. The van der Waals surface area contributed by atoms with Gasteiger partial charge in [0, 0.05) is 6.54 Å². The number of rotatable bonds is 9. The summed E-state index contributed by atoms with van der Waals surface area (Å²) in [6.07, 6.45) is 2.12. The van der Waals surface area contributed by atoms with Crippen molar-refractivity contribution in [2.75, 3.05) is 26.9 Å². The number of aromatic nitrogens is 2. The first-order valence-corrected chi connectivity index (χ1v) is 11.5. The monoisotopic (exact) mass is 485 g/mol. The molecule has 3 aromatic rings. The van der Waals surface area contributed by atoms with Crippen LogP contribution >= 0.6 is 0 Å². The van der Waals surface area contributed by atoms with E-state index in [1.54, 1.807) is 25.3 Å². The van der Waals surface area contributed by atoms with Crippen molar-refractivity contribution >= 4 is 16.8 Å². The number of aliphatic hydroxyl groups excluding tert-OH is 1. The van der Waals surface area contributed by atoms with Crippen molar-refractivity contribution < 1.29 is 28.5 Å². The molecule has 0 saturated carbocycles. The van der Waals surface area contributed by atoms with Crippen molar-refractivity contribution in [2.45, 2.75) is 31.9 Å². The zero-order valence-corrected chi connectivity index (χ0v) is 19.4. The zero-order valence-electron chi connectivity index (χ0n) is 19.4. The number of ether oxygens (including phenoxy) is 3. The maximum atomic E-state index is 14.5. The van der Waals surface area contributed by atoms with Crippen molar-refractivity contribution in [3.05, 3.63) is 64.0 Å². The second kappa shape index (κ2) is 11.3. The molecule has 35 heavy (non-hydrogen) atoms. The maximum absolute atomic E-state index is 14.5. The van der Waals surface area contributed by atoms with Gasteiger partial charge in [-0.15, -0.1) is 0 Å². The number of hydrogen-bond acceptors (Lipinski definition) is 7. The van der Waals surface area contributed by atoms with Crippen LogP contribution < -0.4 is 20.3 Å². The molecule has 1 aliphatic heterocycles. The van der Waals surface area contributed by atoms with Gasteiger partial charge < -0.3 is 29.6 Å². The number of aromatic amines is 1. The Morgan fingerprint density at radius 2 is 2.17 bits per heavy atom. The number of nitrogens with zero attached hydrogens (tertiary/aromatic N) is 1. The largest absolute Gasteiger partial charge is 0.497 e. The zero-order chi connectivity index (χ0) is 24.8. The van der Waals surface area contributed by atoms with Crippen LogP contribution in [0.2, 0.25) is 0 Å². The van der Waals surface area contributed by atoms with Crippen LogP contribution in [-0.2, 0) is 11.3 Å². The van der Waals surface area contributed by atoms with E-state index in [1.807, 2.05) is 6.07 Å². The summed E-state index contributed by atoms with van der Waals surface area (Å²) in [6.45, 7) is 0.903. The quantitative estimate of drug-likeness (QED) is 0.426. The highest BCUT2D eigenvalue weighted by Crippen LogP contribution is 2.27. The fraction of sp³-hybridized carbons (Fsp3) is 0.400. The Hall–Kier alpha value is -3.50. The van der Waals surface area contributed by atoms with Crippen LogP contribution in [0, 0.1) is 11.7 Å². The van der Waals surface area contributed by atoms with Gasteiger partial charge in [-0.2, -0.15) is 0 Å². The number of halogens is 1. The third kappa shape index (κ3) is 5.95. The number of fused-ring (bicyclic) bond motifs is 1. The lowest BCUT2D eigenvalue weighted by Crippen LogP contribution is -2.29.